The van der Waals surface area contributed by atoms with E-state index in [0.717, 1.165) is 41.0 Å². The van der Waals surface area contributed by atoms with Gasteiger partial charge in [0.25, 0.3) is 0 Å². The molecular weight excluding hydrogens is 416 g/mol. The van der Waals surface area contributed by atoms with Crippen molar-refractivity contribution in [2.75, 3.05) is 14.2 Å². The fraction of sp³-hybridized carbons (Fsp3) is 0.407. The Morgan fingerprint density at radius 3 is 2.06 bits per heavy atom. The largest absolute Gasteiger partial charge is 0.497 e. The maximum absolute atomic E-state index is 13.0. The molecule has 0 bridgehead atoms. The molecule has 2 aromatic carbocycles. The number of amides is 1. The number of ether oxygens (including phenoxy) is 2. The molecule has 0 aliphatic rings. The van der Waals surface area contributed by atoms with E-state index < -0.39 is 0 Å². The van der Waals surface area contributed by atoms with Crippen LogP contribution in [0.2, 0.25) is 0 Å². The highest BCUT2D eigenvalue weighted by Crippen LogP contribution is 2.36. The molecule has 1 amide bonds. The number of nitrogens with one attached hydrogen (secondary N) is 1. The number of rotatable bonds is 10. The molecule has 1 heterocycles. The highest BCUT2D eigenvalue weighted by Gasteiger charge is 2.26. The van der Waals surface area contributed by atoms with Crippen LogP contribution in [0.1, 0.15) is 46.3 Å². The number of benzene rings is 2. The molecule has 0 aliphatic heterocycles. The summed E-state index contributed by atoms with van der Waals surface area (Å²) in [4.78, 5) is 13.0. The molecule has 176 valence electrons. The minimum Gasteiger partial charge on any atom is -0.497 e. The van der Waals surface area contributed by atoms with Gasteiger partial charge in [-0.1, -0.05) is 37.6 Å². The number of carbonyl (C=O) groups excluding carboxylic acids is 1. The molecule has 0 aliphatic carbocycles. The van der Waals surface area contributed by atoms with Gasteiger partial charge in [-0.25, -0.2) is 0 Å². The van der Waals surface area contributed by atoms with E-state index in [1.807, 2.05) is 48.5 Å². The van der Waals surface area contributed by atoms with Crippen molar-refractivity contribution in [2.45, 2.75) is 52.5 Å². The third-order valence-corrected chi connectivity index (χ3v) is 5.86. The third-order valence-electron chi connectivity index (χ3n) is 5.86. The second kappa shape index (κ2) is 10.6. The molecule has 0 spiro atoms. The van der Waals surface area contributed by atoms with Crippen LogP contribution in [0.25, 0.3) is 22.4 Å². The maximum Gasteiger partial charge on any atom is 0.228 e. The van der Waals surface area contributed by atoms with Gasteiger partial charge in [-0.05, 0) is 68.1 Å². The zero-order chi connectivity index (χ0) is 24.0. The smallest absolute Gasteiger partial charge is 0.228 e. The average molecular weight is 451 g/mol. The zero-order valence-electron chi connectivity index (χ0n) is 20.4. The lowest BCUT2D eigenvalue weighted by Crippen LogP contribution is -2.45. The topological polar surface area (TPSA) is 73.6 Å². The normalized spacial score (nSPS) is 12.3. The van der Waals surface area contributed by atoms with Gasteiger partial charge in [-0.15, -0.1) is 0 Å². The average Bonchev–Trinajstić information content (AvgIpc) is 3.21. The molecule has 3 rings (SSSR count). The van der Waals surface area contributed by atoms with Gasteiger partial charge in [0.05, 0.1) is 26.2 Å². The zero-order valence-corrected chi connectivity index (χ0v) is 20.4. The Bertz CT molecular complexity index is 1050. The quantitative estimate of drug-likeness (QED) is 0.416. The Morgan fingerprint density at radius 1 is 1.00 bits per heavy atom. The van der Waals surface area contributed by atoms with Crippen molar-refractivity contribution in [1.82, 2.24) is 10.5 Å². The monoisotopic (exact) mass is 450 g/mol. The van der Waals surface area contributed by atoms with Crippen molar-refractivity contribution in [3.63, 3.8) is 0 Å². The minimum atomic E-state index is -0.300. The van der Waals surface area contributed by atoms with Crippen molar-refractivity contribution >= 4 is 5.91 Å². The third kappa shape index (κ3) is 6.15. The predicted molar refractivity (Wildman–Crippen MR) is 130 cm³/mol. The van der Waals surface area contributed by atoms with Gasteiger partial charge in [-0.2, -0.15) is 0 Å². The second-order valence-electron chi connectivity index (χ2n) is 9.11. The molecule has 0 saturated heterocycles. The molecule has 1 aromatic heterocycles. The first kappa shape index (κ1) is 24.4. The van der Waals surface area contributed by atoms with E-state index in [2.05, 4.69) is 38.2 Å². The van der Waals surface area contributed by atoms with Crippen LogP contribution >= 0.6 is 0 Å². The molecule has 33 heavy (non-hydrogen) atoms. The Morgan fingerprint density at radius 2 is 1.55 bits per heavy atom. The van der Waals surface area contributed by atoms with Gasteiger partial charge in [0, 0.05) is 11.1 Å². The van der Waals surface area contributed by atoms with Crippen molar-refractivity contribution < 1.29 is 18.8 Å². The van der Waals surface area contributed by atoms with Crippen LogP contribution in [0.5, 0.6) is 11.5 Å². The summed E-state index contributed by atoms with van der Waals surface area (Å²) in [6, 6.07) is 15.3. The molecule has 3 aromatic rings. The summed E-state index contributed by atoms with van der Waals surface area (Å²) in [7, 11) is 3.27. The lowest BCUT2D eigenvalue weighted by Gasteiger charge is -2.29. The number of carbonyl (C=O) groups is 1. The van der Waals surface area contributed by atoms with Gasteiger partial charge < -0.3 is 19.3 Å². The SMILES string of the molecule is CCC(C)CC(C)(C)NC(=O)Cc1onc(-c2ccc(OC)cc2)c1-c1ccc(OC)cc1. The highest BCUT2D eigenvalue weighted by atomic mass is 16.5. The maximum atomic E-state index is 13.0. The molecular formula is C27H34N2O4. The molecule has 6 heteroatoms. The summed E-state index contributed by atoms with van der Waals surface area (Å²) in [5, 5.41) is 7.51. The Kier molecular flexibility index (Phi) is 7.79. The van der Waals surface area contributed by atoms with Crippen LogP contribution in [0.3, 0.4) is 0 Å². The molecule has 1 unspecified atom stereocenters. The summed E-state index contributed by atoms with van der Waals surface area (Å²) in [5.74, 6) is 2.49. The van der Waals surface area contributed by atoms with Gasteiger partial charge in [-0.3, -0.25) is 4.79 Å². The number of hydrogen-bond donors (Lipinski definition) is 1. The van der Waals surface area contributed by atoms with Crippen LogP contribution in [-0.4, -0.2) is 30.8 Å². The standard InChI is InChI=1S/C27H34N2O4/c1-7-18(2)17-27(3,4)28-24(30)16-23-25(19-8-12-21(31-5)13-9-19)26(29-33-23)20-10-14-22(32-6)15-11-20/h8-15,18H,7,16-17H2,1-6H3,(H,28,30). The Balaban J connectivity index is 1.93. The van der Waals surface area contributed by atoms with Crippen LogP contribution < -0.4 is 14.8 Å². The van der Waals surface area contributed by atoms with Crippen LogP contribution in [0, 0.1) is 5.92 Å². The first-order chi connectivity index (χ1) is 15.8. The Labute approximate surface area is 196 Å². The van der Waals surface area contributed by atoms with E-state index >= 15 is 0 Å². The minimum absolute atomic E-state index is 0.0875. The van der Waals surface area contributed by atoms with Crippen LogP contribution in [-0.2, 0) is 11.2 Å². The molecule has 0 radical (unpaired) electrons. The van der Waals surface area contributed by atoms with Gasteiger partial charge >= 0.3 is 0 Å². The van der Waals surface area contributed by atoms with Crippen molar-refractivity contribution in [3.05, 3.63) is 54.3 Å². The second-order valence-corrected chi connectivity index (χ2v) is 9.11. The molecule has 1 N–H and O–H groups in total. The molecule has 6 nitrogen and oxygen atoms in total. The fourth-order valence-electron chi connectivity index (χ4n) is 4.08. The van der Waals surface area contributed by atoms with Crippen LogP contribution in [0.4, 0.5) is 0 Å². The van der Waals surface area contributed by atoms with E-state index in [9.17, 15) is 4.79 Å². The van der Waals surface area contributed by atoms with Gasteiger partial charge in [0.1, 0.15) is 17.2 Å². The van der Waals surface area contributed by atoms with E-state index in [1.54, 1.807) is 14.2 Å². The fourth-order valence-corrected chi connectivity index (χ4v) is 4.08. The summed E-state index contributed by atoms with van der Waals surface area (Å²) in [6.45, 7) is 8.49. The number of nitrogens with zero attached hydrogens (tertiary/aromatic N) is 1. The van der Waals surface area contributed by atoms with E-state index in [0.29, 0.717) is 17.4 Å². The first-order valence-corrected chi connectivity index (χ1v) is 11.3. The molecule has 1 atom stereocenters. The Hall–Kier alpha value is -3.28. The van der Waals surface area contributed by atoms with Crippen molar-refractivity contribution in [3.8, 4) is 33.9 Å². The van der Waals surface area contributed by atoms with Gasteiger partial charge in [0.2, 0.25) is 5.91 Å². The lowest BCUT2D eigenvalue weighted by molar-refractivity contribution is -0.122. The summed E-state index contributed by atoms with van der Waals surface area (Å²) in [5.41, 5.74) is 2.98. The number of hydrogen-bond acceptors (Lipinski definition) is 5. The van der Waals surface area contributed by atoms with Gasteiger partial charge in [0.15, 0.2) is 5.76 Å². The number of methoxy groups -OCH3 is 2. The first-order valence-electron chi connectivity index (χ1n) is 11.3. The van der Waals surface area contributed by atoms with E-state index in [1.165, 1.54) is 0 Å². The van der Waals surface area contributed by atoms with Crippen LogP contribution in [0.15, 0.2) is 53.1 Å². The number of aromatic nitrogens is 1. The predicted octanol–water partition coefficient (Wildman–Crippen LogP) is 5.90. The lowest BCUT2D eigenvalue weighted by atomic mass is 9.90. The van der Waals surface area contributed by atoms with E-state index in [4.69, 9.17) is 14.0 Å². The van der Waals surface area contributed by atoms with E-state index in [-0.39, 0.29) is 17.9 Å². The highest BCUT2D eigenvalue weighted by molar-refractivity contribution is 5.87. The van der Waals surface area contributed by atoms with Crippen molar-refractivity contribution in [1.29, 1.82) is 0 Å². The summed E-state index contributed by atoms with van der Waals surface area (Å²) >= 11 is 0. The summed E-state index contributed by atoms with van der Waals surface area (Å²) < 4.78 is 16.3. The molecule has 0 saturated carbocycles. The summed E-state index contributed by atoms with van der Waals surface area (Å²) in [6.07, 6.45) is 2.09. The molecule has 0 fully saturated rings. The van der Waals surface area contributed by atoms with Crippen molar-refractivity contribution in [2.24, 2.45) is 5.92 Å².